The second-order valence-electron chi connectivity index (χ2n) is 13.1. The average Bonchev–Trinajstić information content (AvgIpc) is 3.50. The standard InChI is InChI=1S/C47H28N4O/c48-29-30-23-25-31(26-24-30)35-27-36-34-17-7-8-18-38(34)47(39-19-9-11-21-42(39)52-43-22-12-10-20-40(43)47)41(36)28-37(35)46-50-44(32-13-3-1-4-14-32)49-45(51-46)33-15-5-2-6-16-33/h1-28H. The number of nitriles is 1. The summed E-state index contributed by atoms with van der Waals surface area (Å²) in [6.07, 6.45) is 0. The Bertz CT molecular complexity index is 2610. The summed E-state index contributed by atoms with van der Waals surface area (Å²) in [5.41, 5.74) is 11.3. The Morgan fingerprint density at radius 3 is 1.52 bits per heavy atom. The first kappa shape index (κ1) is 29.7. The van der Waals surface area contributed by atoms with Crippen LogP contribution < -0.4 is 4.74 Å². The van der Waals surface area contributed by atoms with Gasteiger partial charge in [-0.05, 0) is 69.8 Å². The van der Waals surface area contributed by atoms with Gasteiger partial charge in [0, 0.05) is 27.8 Å². The fraction of sp³-hybridized carbons (Fsp3) is 0.0213. The minimum absolute atomic E-state index is 0.564. The molecule has 0 N–H and O–H groups in total. The van der Waals surface area contributed by atoms with Gasteiger partial charge in [0.2, 0.25) is 0 Å². The monoisotopic (exact) mass is 664 g/mol. The van der Waals surface area contributed by atoms with Crippen LogP contribution in [0, 0.1) is 11.3 Å². The Labute approximate surface area is 301 Å². The Balaban J connectivity index is 1.33. The number of para-hydroxylation sites is 2. The van der Waals surface area contributed by atoms with Gasteiger partial charge < -0.3 is 4.74 Å². The molecule has 2 aliphatic rings. The number of ether oxygens (including phenoxy) is 1. The second-order valence-corrected chi connectivity index (χ2v) is 13.1. The summed E-state index contributed by atoms with van der Waals surface area (Å²) in [7, 11) is 0. The number of aromatic nitrogens is 3. The number of hydrogen-bond donors (Lipinski definition) is 0. The van der Waals surface area contributed by atoms with Crippen molar-refractivity contribution in [2.45, 2.75) is 5.41 Å². The average molecular weight is 665 g/mol. The van der Waals surface area contributed by atoms with Crippen LogP contribution in [0.4, 0.5) is 0 Å². The Hall–Kier alpha value is -7.16. The maximum Gasteiger partial charge on any atom is 0.164 e. The molecule has 1 spiro atoms. The third-order valence-corrected chi connectivity index (χ3v) is 10.3. The number of benzene rings is 7. The van der Waals surface area contributed by atoms with Gasteiger partial charge in [0.1, 0.15) is 11.5 Å². The summed E-state index contributed by atoms with van der Waals surface area (Å²) in [6.45, 7) is 0. The Kier molecular flexibility index (Phi) is 6.70. The first-order valence-electron chi connectivity index (χ1n) is 17.3. The van der Waals surface area contributed by atoms with Gasteiger partial charge in [-0.25, -0.2) is 15.0 Å². The molecule has 0 fully saturated rings. The molecule has 5 heteroatoms. The van der Waals surface area contributed by atoms with Crippen LogP contribution in [0.25, 0.3) is 56.4 Å². The molecule has 0 saturated heterocycles. The van der Waals surface area contributed by atoms with E-state index < -0.39 is 5.41 Å². The minimum atomic E-state index is -0.660. The van der Waals surface area contributed by atoms with Crippen LogP contribution in [0.3, 0.4) is 0 Å². The van der Waals surface area contributed by atoms with E-state index in [1.165, 1.54) is 5.56 Å². The fourth-order valence-corrected chi connectivity index (χ4v) is 7.97. The number of nitrogens with zero attached hydrogens (tertiary/aromatic N) is 4. The van der Waals surface area contributed by atoms with Crippen molar-refractivity contribution >= 4 is 0 Å². The number of hydrogen-bond acceptors (Lipinski definition) is 5. The molecule has 0 radical (unpaired) electrons. The summed E-state index contributed by atoms with van der Waals surface area (Å²) < 4.78 is 6.59. The lowest BCUT2D eigenvalue weighted by atomic mass is 9.66. The van der Waals surface area contributed by atoms with E-state index in [4.69, 9.17) is 19.7 Å². The lowest BCUT2D eigenvalue weighted by Crippen LogP contribution is -2.32. The van der Waals surface area contributed by atoms with Crippen LogP contribution in [0.15, 0.2) is 170 Å². The summed E-state index contributed by atoms with van der Waals surface area (Å²) in [4.78, 5) is 15.4. The van der Waals surface area contributed by atoms with E-state index in [9.17, 15) is 5.26 Å². The molecule has 1 aliphatic heterocycles. The molecular formula is C47H28N4O. The van der Waals surface area contributed by atoms with Crippen LogP contribution in [0.2, 0.25) is 0 Å². The van der Waals surface area contributed by atoms with Crippen molar-refractivity contribution in [1.82, 2.24) is 15.0 Å². The molecule has 0 atom stereocenters. The topological polar surface area (TPSA) is 71.7 Å². The molecule has 1 aliphatic carbocycles. The highest BCUT2D eigenvalue weighted by molar-refractivity contribution is 5.95. The van der Waals surface area contributed by atoms with E-state index >= 15 is 0 Å². The van der Waals surface area contributed by atoms with Gasteiger partial charge in [-0.15, -0.1) is 0 Å². The molecule has 10 rings (SSSR count). The molecule has 2 heterocycles. The van der Waals surface area contributed by atoms with Crippen molar-refractivity contribution < 1.29 is 4.74 Å². The van der Waals surface area contributed by atoms with Crippen molar-refractivity contribution in [1.29, 1.82) is 5.26 Å². The largest absolute Gasteiger partial charge is 0.457 e. The zero-order chi connectivity index (χ0) is 34.6. The first-order valence-corrected chi connectivity index (χ1v) is 17.3. The van der Waals surface area contributed by atoms with Crippen molar-refractivity contribution in [3.63, 3.8) is 0 Å². The van der Waals surface area contributed by atoms with E-state index in [0.29, 0.717) is 23.0 Å². The number of fused-ring (bicyclic) bond motifs is 9. The van der Waals surface area contributed by atoms with Crippen molar-refractivity contribution in [3.8, 4) is 74.0 Å². The first-order chi connectivity index (χ1) is 25.7. The zero-order valence-corrected chi connectivity index (χ0v) is 27.9. The summed E-state index contributed by atoms with van der Waals surface area (Å²) in [5.74, 6) is 3.42. The molecule has 0 bridgehead atoms. The summed E-state index contributed by atoms with van der Waals surface area (Å²) >= 11 is 0. The van der Waals surface area contributed by atoms with Crippen LogP contribution in [-0.4, -0.2) is 15.0 Å². The highest BCUT2D eigenvalue weighted by Gasteiger charge is 2.51. The van der Waals surface area contributed by atoms with Gasteiger partial charge in [-0.2, -0.15) is 5.26 Å². The van der Waals surface area contributed by atoms with Gasteiger partial charge >= 0.3 is 0 Å². The van der Waals surface area contributed by atoms with E-state index in [0.717, 1.165) is 67.1 Å². The molecule has 8 aromatic rings. The summed E-state index contributed by atoms with van der Waals surface area (Å²) in [5, 5.41) is 9.66. The summed E-state index contributed by atoms with van der Waals surface area (Å²) in [6, 6.07) is 60.1. The minimum Gasteiger partial charge on any atom is -0.457 e. The maximum atomic E-state index is 9.66. The van der Waals surface area contributed by atoms with Crippen LogP contribution >= 0.6 is 0 Å². The molecule has 242 valence electrons. The smallest absolute Gasteiger partial charge is 0.164 e. The molecule has 0 unspecified atom stereocenters. The number of rotatable bonds is 4. The quantitative estimate of drug-likeness (QED) is 0.187. The Morgan fingerprint density at radius 1 is 0.404 bits per heavy atom. The molecule has 1 aromatic heterocycles. The van der Waals surface area contributed by atoms with Crippen molar-refractivity contribution in [3.05, 3.63) is 198 Å². The molecule has 5 nitrogen and oxygen atoms in total. The van der Waals surface area contributed by atoms with Crippen molar-refractivity contribution in [2.75, 3.05) is 0 Å². The van der Waals surface area contributed by atoms with Gasteiger partial charge in [-0.1, -0.05) is 133 Å². The fourth-order valence-electron chi connectivity index (χ4n) is 7.97. The third-order valence-electron chi connectivity index (χ3n) is 10.3. The van der Waals surface area contributed by atoms with E-state index in [-0.39, 0.29) is 0 Å². The van der Waals surface area contributed by atoms with Crippen LogP contribution in [0.5, 0.6) is 11.5 Å². The van der Waals surface area contributed by atoms with Crippen LogP contribution in [0.1, 0.15) is 27.8 Å². The molecule has 0 saturated carbocycles. The van der Waals surface area contributed by atoms with E-state index in [1.54, 1.807) is 0 Å². The maximum absolute atomic E-state index is 9.66. The molecule has 0 amide bonds. The predicted octanol–water partition coefficient (Wildman–Crippen LogP) is 10.9. The molecular weight excluding hydrogens is 637 g/mol. The van der Waals surface area contributed by atoms with Crippen molar-refractivity contribution in [2.24, 2.45) is 0 Å². The second kappa shape index (κ2) is 11.7. The van der Waals surface area contributed by atoms with E-state index in [1.807, 2.05) is 97.1 Å². The molecule has 7 aromatic carbocycles. The zero-order valence-electron chi connectivity index (χ0n) is 27.9. The lowest BCUT2D eigenvalue weighted by Gasteiger charge is -2.39. The normalized spacial score (nSPS) is 12.9. The highest BCUT2D eigenvalue weighted by atomic mass is 16.5. The van der Waals surface area contributed by atoms with E-state index in [2.05, 4.69) is 78.9 Å². The van der Waals surface area contributed by atoms with Gasteiger partial charge in [0.15, 0.2) is 17.5 Å². The van der Waals surface area contributed by atoms with Gasteiger partial charge in [0.05, 0.1) is 17.0 Å². The van der Waals surface area contributed by atoms with Gasteiger partial charge in [0.25, 0.3) is 0 Å². The molecule has 52 heavy (non-hydrogen) atoms. The SMILES string of the molecule is N#Cc1ccc(-c2cc3c(cc2-c2nc(-c4ccccc4)nc(-c4ccccc4)n2)C2(c4ccccc4Oc4ccccc42)c2ccccc2-3)cc1. The van der Waals surface area contributed by atoms with Crippen LogP contribution in [-0.2, 0) is 5.41 Å². The highest BCUT2D eigenvalue weighted by Crippen LogP contribution is 2.63. The predicted molar refractivity (Wildman–Crippen MR) is 204 cm³/mol. The Morgan fingerprint density at radius 2 is 0.923 bits per heavy atom. The lowest BCUT2D eigenvalue weighted by molar-refractivity contribution is 0.436. The van der Waals surface area contributed by atoms with Gasteiger partial charge in [-0.3, -0.25) is 0 Å². The third kappa shape index (κ3) is 4.45.